The lowest BCUT2D eigenvalue weighted by Crippen LogP contribution is -2.45. The molecule has 0 aromatic heterocycles. The molecule has 2 nitrogen and oxygen atoms in total. The smallest absolute Gasteiger partial charge is 0.109 e. The van der Waals surface area contributed by atoms with Crippen LogP contribution in [0.5, 0.6) is 0 Å². The summed E-state index contributed by atoms with van der Waals surface area (Å²) in [7, 11) is 0. The predicted molar refractivity (Wildman–Crippen MR) is 92.3 cm³/mol. The largest absolute Gasteiger partial charge is 0.314 e. The van der Waals surface area contributed by atoms with E-state index in [1.165, 1.54) is 5.56 Å². The molecule has 1 saturated heterocycles. The Morgan fingerprint density at radius 1 is 0.955 bits per heavy atom. The zero-order valence-electron chi connectivity index (χ0n) is 12.5. The predicted octanol–water partition coefficient (Wildman–Crippen LogP) is 3.69. The minimum atomic E-state index is -0.335. The van der Waals surface area contributed by atoms with E-state index < -0.39 is 0 Å². The van der Waals surface area contributed by atoms with Crippen LogP contribution in [-0.2, 0) is 0 Å². The standard InChI is InChI=1S/C18H21FN2.ClH/c19-14-18(21-11-9-20-10-12-21)17-8-4-7-16(13-17)15-5-2-1-3-6-15;/h1-8,13,18,20H,9-12,14H2;1H/t18-;/m0./s1. The van der Waals surface area contributed by atoms with Gasteiger partial charge in [0.1, 0.15) is 6.67 Å². The van der Waals surface area contributed by atoms with Gasteiger partial charge in [0, 0.05) is 26.2 Å². The Morgan fingerprint density at radius 3 is 2.32 bits per heavy atom. The first-order valence-electron chi connectivity index (χ1n) is 7.54. The van der Waals surface area contributed by atoms with Gasteiger partial charge in [-0.15, -0.1) is 12.4 Å². The zero-order chi connectivity index (χ0) is 14.5. The lowest BCUT2D eigenvalue weighted by Gasteiger charge is -2.33. The van der Waals surface area contributed by atoms with Crippen LogP contribution in [0.2, 0.25) is 0 Å². The Labute approximate surface area is 137 Å². The van der Waals surface area contributed by atoms with Crippen LogP contribution in [0.15, 0.2) is 54.6 Å². The molecule has 118 valence electrons. The van der Waals surface area contributed by atoms with Crippen molar-refractivity contribution < 1.29 is 4.39 Å². The molecule has 0 bridgehead atoms. The Balaban J connectivity index is 0.00000176. The van der Waals surface area contributed by atoms with Gasteiger partial charge in [0.05, 0.1) is 6.04 Å². The van der Waals surface area contributed by atoms with E-state index in [-0.39, 0.29) is 25.1 Å². The third-order valence-electron chi connectivity index (χ3n) is 4.12. The van der Waals surface area contributed by atoms with Crippen molar-refractivity contribution in [2.75, 3.05) is 32.9 Å². The summed E-state index contributed by atoms with van der Waals surface area (Å²) in [6, 6.07) is 18.4. The number of piperazine rings is 1. The van der Waals surface area contributed by atoms with Crippen molar-refractivity contribution in [2.24, 2.45) is 0 Å². The van der Waals surface area contributed by atoms with Crippen LogP contribution >= 0.6 is 12.4 Å². The summed E-state index contributed by atoms with van der Waals surface area (Å²) in [5.41, 5.74) is 3.40. The van der Waals surface area contributed by atoms with Crippen LogP contribution in [0.4, 0.5) is 4.39 Å². The summed E-state index contributed by atoms with van der Waals surface area (Å²) in [5, 5.41) is 3.32. The minimum absolute atomic E-state index is 0. The molecule has 0 radical (unpaired) electrons. The highest BCUT2D eigenvalue weighted by molar-refractivity contribution is 5.85. The first-order valence-corrected chi connectivity index (χ1v) is 7.54. The molecule has 1 aliphatic heterocycles. The minimum Gasteiger partial charge on any atom is -0.314 e. The van der Waals surface area contributed by atoms with Crippen molar-refractivity contribution >= 4 is 12.4 Å². The number of hydrogen-bond acceptors (Lipinski definition) is 2. The van der Waals surface area contributed by atoms with Gasteiger partial charge in [-0.05, 0) is 22.8 Å². The molecule has 1 aliphatic rings. The quantitative estimate of drug-likeness (QED) is 0.924. The van der Waals surface area contributed by atoms with E-state index in [0.29, 0.717) is 0 Å². The maximum atomic E-state index is 13.6. The summed E-state index contributed by atoms with van der Waals surface area (Å²) in [4.78, 5) is 2.24. The molecule has 4 heteroatoms. The van der Waals surface area contributed by atoms with Gasteiger partial charge in [-0.25, -0.2) is 4.39 Å². The Morgan fingerprint density at radius 2 is 1.64 bits per heavy atom. The Hall–Kier alpha value is -1.42. The molecule has 1 fully saturated rings. The third-order valence-corrected chi connectivity index (χ3v) is 4.12. The highest BCUT2D eigenvalue weighted by atomic mass is 35.5. The summed E-state index contributed by atoms with van der Waals surface area (Å²) in [6.07, 6.45) is 0. The molecular formula is C18H22ClFN2. The van der Waals surface area contributed by atoms with E-state index in [2.05, 4.69) is 34.5 Å². The number of rotatable bonds is 4. The number of nitrogens with zero attached hydrogens (tertiary/aromatic N) is 1. The number of alkyl halides is 1. The highest BCUT2D eigenvalue weighted by Crippen LogP contribution is 2.27. The van der Waals surface area contributed by atoms with Gasteiger partial charge < -0.3 is 5.32 Å². The molecule has 2 aromatic rings. The van der Waals surface area contributed by atoms with E-state index in [1.807, 2.05) is 30.3 Å². The fraction of sp³-hybridized carbons (Fsp3) is 0.333. The molecule has 22 heavy (non-hydrogen) atoms. The van der Waals surface area contributed by atoms with Crippen LogP contribution in [0.1, 0.15) is 11.6 Å². The van der Waals surface area contributed by atoms with Gasteiger partial charge in [0.15, 0.2) is 0 Å². The summed E-state index contributed by atoms with van der Waals surface area (Å²) < 4.78 is 13.6. The molecule has 2 aromatic carbocycles. The van der Waals surface area contributed by atoms with Gasteiger partial charge in [-0.1, -0.05) is 48.5 Å². The van der Waals surface area contributed by atoms with Crippen LogP contribution in [0, 0.1) is 0 Å². The molecule has 1 heterocycles. The van der Waals surface area contributed by atoms with E-state index in [0.717, 1.165) is 37.3 Å². The maximum absolute atomic E-state index is 13.6. The second-order valence-electron chi connectivity index (χ2n) is 5.45. The van der Waals surface area contributed by atoms with Gasteiger partial charge in [-0.3, -0.25) is 4.90 Å². The molecule has 1 atom stereocenters. The van der Waals surface area contributed by atoms with E-state index in [4.69, 9.17) is 0 Å². The van der Waals surface area contributed by atoms with Gasteiger partial charge in [-0.2, -0.15) is 0 Å². The normalized spacial score (nSPS) is 16.8. The van der Waals surface area contributed by atoms with Crippen molar-refractivity contribution in [2.45, 2.75) is 6.04 Å². The topological polar surface area (TPSA) is 15.3 Å². The number of nitrogens with one attached hydrogen (secondary N) is 1. The third kappa shape index (κ3) is 3.86. The van der Waals surface area contributed by atoms with Crippen molar-refractivity contribution in [3.05, 3.63) is 60.2 Å². The Bertz CT molecular complexity index is 570. The van der Waals surface area contributed by atoms with Gasteiger partial charge >= 0.3 is 0 Å². The molecule has 0 amide bonds. The van der Waals surface area contributed by atoms with Gasteiger partial charge in [0.2, 0.25) is 0 Å². The lowest BCUT2D eigenvalue weighted by atomic mass is 9.99. The van der Waals surface area contributed by atoms with Gasteiger partial charge in [0.25, 0.3) is 0 Å². The monoisotopic (exact) mass is 320 g/mol. The number of halogens is 2. The SMILES string of the molecule is Cl.FC[C@@H](c1cccc(-c2ccccc2)c1)N1CCNCC1. The van der Waals surface area contributed by atoms with Crippen molar-refractivity contribution in [3.63, 3.8) is 0 Å². The van der Waals surface area contributed by atoms with E-state index >= 15 is 0 Å². The molecule has 1 N–H and O–H groups in total. The second-order valence-corrected chi connectivity index (χ2v) is 5.45. The first kappa shape index (κ1) is 16.9. The molecular weight excluding hydrogens is 299 g/mol. The maximum Gasteiger partial charge on any atom is 0.109 e. The van der Waals surface area contributed by atoms with Crippen LogP contribution < -0.4 is 5.32 Å². The number of hydrogen-bond donors (Lipinski definition) is 1. The van der Waals surface area contributed by atoms with E-state index in [1.54, 1.807) is 0 Å². The fourth-order valence-corrected chi connectivity index (χ4v) is 2.95. The molecule has 0 unspecified atom stereocenters. The highest BCUT2D eigenvalue weighted by Gasteiger charge is 2.22. The molecule has 0 aliphatic carbocycles. The van der Waals surface area contributed by atoms with Crippen molar-refractivity contribution in [3.8, 4) is 11.1 Å². The van der Waals surface area contributed by atoms with E-state index in [9.17, 15) is 4.39 Å². The van der Waals surface area contributed by atoms with Crippen molar-refractivity contribution in [1.29, 1.82) is 0 Å². The second kappa shape index (κ2) is 8.28. The van der Waals surface area contributed by atoms with Crippen LogP contribution in [0.25, 0.3) is 11.1 Å². The summed E-state index contributed by atoms with van der Waals surface area (Å²) >= 11 is 0. The Kier molecular flexibility index (Phi) is 6.37. The lowest BCUT2D eigenvalue weighted by molar-refractivity contribution is 0.147. The fourth-order valence-electron chi connectivity index (χ4n) is 2.95. The summed E-state index contributed by atoms with van der Waals surface area (Å²) in [5.74, 6) is 0. The zero-order valence-corrected chi connectivity index (χ0v) is 13.4. The van der Waals surface area contributed by atoms with Crippen molar-refractivity contribution in [1.82, 2.24) is 10.2 Å². The number of benzene rings is 2. The molecule has 0 spiro atoms. The average molecular weight is 321 g/mol. The van der Waals surface area contributed by atoms with Crippen LogP contribution in [0.3, 0.4) is 0 Å². The van der Waals surface area contributed by atoms with Crippen LogP contribution in [-0.4, -0.2) is 37.8 Å². The average Bonchev–Trinajstić information content (AvgIpc) is 2.58. The first-order chi connectivity index (χ1) is 10.4. The molecule has 0 saturated carbocycles. The summed E-state index contributed by atoms with van der Waals surface area (Å²) in [6.45, 7) is 3.36. The molecule has 3 rings (SSSR count).